The molecule has 0 radical (unpaired) electrons. The zero-order valence-electron chi connectivity index (χ0n) is 19.6. The van der Waals surface area contributed by atoms with E-state index in [9.17, 15) is 19.3 Å². The highest BCUT2D eigenvalue weighted by molar-refractivity contribution is 7.52. The minimum absolute atomic E-state index is 0.0281. The van der Waals surface area contributed by atoms with Crippen molar-refractivity contribution in [3.8, 4) is 5.75 Å². The number of nitrogens with one attached hydrogen (secondary N) is 1. The van der Waals surface area contributed by atoms with E-state index in [0.29, 0.717) is 0 Å². The number of nitrogen functional groups attached to an aromatic ring is 1. The Morgan fingerprint density at radius 1 is 1.31 bits per heavy atom. The normalized spacial score (nSPS) is 23.7. The lowest BCUT2D eigenvalue weighted by Crippen LogP contribution is -2.40. The molecular formula is C21H27Cl2N4O8P. The zero-order chi connectivity index (χ0) is 26.7. The summed E-state index contributed by atoms with van der Waals surface area (Å²) in [5.74, 6) is -0.523. The summed E-state index contributed by atoms with van der Waals surface area (Å²) in [4.78, 5) is 28.1. The van der Waals surface area contributed by atoms with E-state index in [4.69, 9.17) is 47.5 Å². The third kappa shape index (κ3) is 6.77. The van der Waals surface area contributed by atoms with Crippen molar-refractivity contribution >= 4 is 42.7 Å². The predicted molar refractivity (Wildman–Crippen MR) is 132 cm³/mol. The van der Waals surface area contributed by atoms with Crippen molar-refractivity contribution in [2.45, 2.75) is 55.7 Å². The van der Waals surface area contributed by atoms with Crippen molar-refractivity contribution in [3.63, 3.8) is 0 Å². The molecule has 0 unspecified atom stereocenters. The van der Waals surface area contributed by atoms with Crippen molar-refractivity contribution in [1.29, 1.82) is 0 Å². The summed E-state index contributed by atoms with van der Waals surface area (Å²) >= 11 is 12.6. The lowest BCUT2D eigenvalue weighted by Gasteiger charge is -2.25. The lowest BCUT2D eigenvalue weighted by atomic mass is 10.2. The Labute approximate surface area is 217 Å². The fraction of sp³-hybridized carbons (Fsp3) is 0.476. The Bertz CT molecular complexity index is 1170. The van der Waals surface area contributed by atoms with Crippen molar-refractivity contribution < 1.29 is 33.0 Å². The van der Waals surface area contributed by atoms with Crippen molar-refractivity contribution in [2.75, 3.05) is 12.3 Å². The van der Waals surface area contributed by atoms with Crippen LogP contribution in [0.25, 0.3) is 0 Å². The molecule has 0 spiro atoms. The number of hydrogen-bond donors (Lipinski definition) is 3. The Balaban J connectivity index is 1.79. The second kappa shape index (κ2) is 11.5. The van der Waals surface area contributed by atoms with Crippen LogP contribution in [0.15, 0.2) is 47.4 Å². The summed E-state index contributed by atoms with van der Waals surface area (Å²) in [6.45, 7) is 4.22. The van der Waals surface area contributed by atoms with Gasteiger partial charge in [-0.05, 0) is 39.0 Å². The first-order chi connectivity index (χ1) is 16.8. The number of ether oxygens (including phenoxy) is 2. The number of aliphatic hydroxyl groups is 1. The van der Waals surface area contributed by atoms with Gasteiger partial charge >= 0.3 is 19.4 Å². The van der Waals surface area contributed by atoms with Crippen LogP contribution in [0.5, 0.6) is 5.75 Å². The van der Waals surface area contributed by atoms with Crippen LogP contribution < -0.4 is 21.0 Å². The van der Waals surface area contributed by atoms with Crippen LogP contribution in [0, 0.1) is 0 Å². The van der Waals surface area contributed by atoms with Gasteiger partial charge in [0.25, 0.3) is 0 Å². The number of rotatable bonds is 10. The maximum atomic E-state index is 13.6. The largest absolute Gasteiger partial charge is 0.462 e. The average Bonchev–Trinajstić information content (AvgIpc) is 3.01. The maximum Gasteiger partial charge on any atom is 0.459 e. The molecule has 1 fully saturated rings. The van der Waals surface area contributed by atoms with E-state index in [1.165, 1.54) is 31.3 Å². The molecule has 36 heavy (non-hydrogen) atoms. The molecular weight excluding hydrogens is 538 g/mol. The molecule has 12 nitrogen and oxygen atoms in total. The molecule has 0 amide bonds. The molecule has 0 aliphatic carbocycles. The lowest BCUT2D eigenvalue weighted by molar-refractivity contribution is -0.149. The van der Waals surface area contributed by atoms with Gasteiger partial charge < -0.3 is 24.8 Å². The van der Waals surface area contributed by atoms with E-state index < -0.39 is 60.9 Å². The number of para-hydroxylation sites is 1. The van der Waals surface area contributed by atoms with Gasteiger partial charge in [0, 0.05) is 6.20 Å². The number of carbonyl (C=O) groups excluding carboxylic acids is 1. The summed E-state index contributed by atoms with van der Waals surface area (Å²) in [5, 5.41) is 13.2. The number of anilines is 1. The molecule has 1 aliphatic heterocycles. The summed E-state index contributed by atoms with van der Waals surface area (Å²) in [6.07, 6.45) is -3.33. The molecule has 4 N–H and O–H groups in total. The quantitative estimate of drug-likeness (QED) is 0.220. The molecule has 1 aliphatic rings. The highest BCUT2D eigenvalue weighted by Crippen LogP contribution is 2.49. The van der Waals surface area contributed by atoms with Gasteiger partial charge in [-0.25, -0.2) is 9.36 Å². The Morgan fingerprint density at radius 3 is 2.58 bits per heavy atom. The summed E-state index contributed by atoms with van der Waals surface area (Å²) < 4.78 is 34.5. The standard InChI is InChI=1S/C21H27Cl2N4O8P/c1-12(2)33-18(29)13(3)26-36(31,35-14-7-5-4-6-8-14)32-11-15-17(28)21(22,23)19(34-15)27-10-9-16(24)25-20(27)30/h4-10,12-13,15,17,19,28H,11H2,1-3H3,(H,26,31)(H2,24,25,30)/t13-,15-,17-,19-,36-/m1/s1. The van der Waals surface area contributed by atoms with Crippen LogP contribution in [-0.2, 0) is 23.4 Å². The number of alkyl halides is 2. The van der Waals surface area contributed by atoms with Crippen LogP contribution in [0.1, 0.15) is 27.0 Å². The van der Waals surface area contributed by atoms with E-state index in [1.54, 1.807) is 32.0 Å². The Morgan fingerprint density at radius 2 is 1.97 bits per heavy atom. The van der Waals surface area contributed by atoms with Crippen molar-refractivity contribution in [1.82, 2.24) is 14.6 Å². The monoisotopic (exact) mass is 564 g/mol. The van der Waals surface area contributed by atoms with E-state index in [0.717, 1.165) is 4.57 Å². The van der Waals surface area contributed by atoms with Crippen LogP contribution >= 0.6 is 30.9 Å². The zero-order valence-corrected chi connectivity index (χ0v) is 22.0. The fourth-order valence-electron chi connectivity index (χ4n) is 3.22. The van der Waals surface area contributed by atoms with E-state index in [1.807, 2.05) is 0 Å². The molecule has 2 aromatic rings. The smallest absolute Gasteiger partial charge is 0.459 e. The van der Waals surface area contributed by atoms with E-state index >= 15 is 0 Å². The van der Waals surface area contributed by atoms with E-state index in [2.05, 4.69) is 10.1 Å². The van der Waals surface area contributed by atoms with Crippen LogP contribution in [0.4, 0.5) is 5.82 Å². The molecule has 5 atom stereocenters. The van der Waals surface area contributed by atoms with Gasteiger partial charge in [-0.3, -0.25) is 13.9 Å². The molecule has 3 rings (SSSR count). The fourth-order valence-corrected chi connectivity index (χ4v) is 5.31. The van der Waals surface area contributed by atoms with Crippen molar-refractivity contribution in [3.05, 3.63) is 53.1 Å². The third-order valence-electron chi connectivity index (χ3n) is 4.92. The maximum absolute atomic E-state index is 13.6. The number of nitrogens with zero attached hydrogens (tertiary/aromatic N) is 2. The number of aromatic nitrogens is 2. The number of hydrogen-bond acceptors (Lipinski definition) is 10. The SMILES string of the molecule is CC(C)OC(=O)[C@@H](C)N[P@@](=O)(OC[C@H]1O[C@@H](n2ccc(N)nc2=O)C(Cl)(Cl)[C@@H]1O)Oc1ccccc1. The van der Waals surface area contributed by atoms with E-state index in [-0.39, 0.29) is 11.6 Å². The predicted octanol–water partition coefficient (Wildman–Crippen LogP) is 2.39. The van der Waals surface area contributed by atoms with Crippen LogP contribution in [0.2, 0.25) is 0 Å². The van der Waals surface area contributed by atoms with Gasteiger partial charge in [0.1, 0.15) is 29.8 Å². The molecule has 1 aromatic carbocycles. The second-order valence-electron chi connectivity index (χ2n) is 8.22. The second-order valence-corrected chi connectivity index (χ2v) is 11.4. The van der Waals surface area contributed by atoms with Gasteiger partial charge in [0.2, 0.25) is 0 Å². The number of carbonyl (C=O) groups is 1. The number of esters is 1. The first-order valence-corrected chi connectivity index (χ1v) is 13.2. The van der Waals surface area contributed by atoms with Crippen LogP contribution in [0.3, 0.4) is 0 Å². The summed E-state index contributed by atoms with van der Waals surface area (Å²) in [7, 11) is -4.25. The van der Waals surface area contributed by atoms with Gasteiger partial charge in [-0.15, -0.1) is 0 Å². The molecule has 198 valence electrons. The minimum Gasteiger partial charge on any atom is -0.462 e. The summed E-state index contributed by atoms with van der Waals surface area (Å²) in [5.41, 5.74) is 4.70. The molecule has 2 heterocycles. The number of aliphatic hydroxyl groups excluding tert-OH is 1. The average molecular weight is 565 g/mol. The topological polar surface area (TPSA) is 164 Å². The highest BCUT2D eigenvalue weighted by Gasteiger charge is 2.56. The van der Waals surface area contributed by atoms with Gasteiger partial charge in [0.15, 0.2) is 10.6 Å². The Hall–Kier alpha value is -2.18. The number of nitrogens with two attached hydrogens (primary N) is 1. The Kier molecular flexibility index (Phi) is 9.05. The number of halogens is 2. The van der Waals surface area contributed by atoms with Gasteiger partial charge in [-0.1, -0.05) is 41.4 Å². The first-order valence-electron chi connectivity index (χ1n) is 10.9. The van der Waals surface area contributed by atoms with Gasteiger partial charge in [-0.2, -0.15) is 10.1 Å². The molecule has 15 heteroatoms. The highest BCUT2D eigenvalue weighted by atomic mass is 35.5. The molecule has 0 bridgehead atoms. The minimum atomic E-state index is -4.25. The first kappa shape index (κ1) is 28.4. The molecule has 1 saturated heterocycles. The van der Waals surface area contributed by atoms with Gasteiger partial charge in [0.05, 0.1) is 12.7 Å². The third-order valence-corrected chi connectivity index (χ3v) is 7.38. The van der Waals surface area contributed by atoms with Crippen LogP contribution in [-0.4, -0.2) is 55.9 Å². The molecule has 0 saturated carbocycles. The number of benzene rings is 1. The molecule has 1 aromatic heterocycles. The van der Waals surface area contributed by atoms with Crippen molar-refractivity contribution in [2.24, 2.45) is 0 Å². The summed E-state index contributed by atoms with van der Waals surface area (Å²) in [6, 6.07) is 8.35.